The summed E-state index contributed by atoms with van der Waals surface area (Å²) in [5.74, 6) is 0.940. The van der Waals surface area contributed by atoms with Gasteiger partial charge in [-0.15, -0.1) is 0 Å². The van der Waals surface area contributed by atoms with E-state index in [4.69, 9.17) is 5.73 Å². The molecule has 0 aliphatic heterocycles. The second-order valence-electron chi connectivity index (χ2n) is 4.93. The van der Waals surface area contributed by atoms with Gasteiger partial charge in [-0.3, -0.25) is 4.79 Å². The Bertz CT molecular complexity index is 197. The fraction of sp³-hybridized carbons (Fsp3) is 0.909. The summed E-state index contributed by atoms with van der Waals surface area (Å²) in [5, 5.41) is 2.95. The number of amides is 1. The van der Waals surface area contributed by atoms with Gasteiger partial charge in [0.2, 0.25) is 5.91 Å². The first-order valence-corrected chi connectivity index (χ1v) is 5.54. The highest BCUT2D eigenvalue weighted by molar-refractivity contribution is 5.81. The molecule has 0 heterocycles. The molecule has 14 heavy (non-hydrogen) atoms. The molecule has 1 aliphatic carbocycles. The summed E-state index contributed by atoms with van der Waals surface area (Å²) < 4.78 is 0. The Hall–Kier alpha value is -0.570. The van der Waals surface area contributed by atoms with Crippen molar-refractivity contribution in [3.05, 3.63) is 0 Å². The van der Waals surface area contributed by atoms with Gasteiger partial charge in [0.1, 0.15) is 0 Å². The van der Waals surface area contributed by atoms with E-state index < -0.39 is 5.41 Å². The Labute approximate surface area is 86.4 Å². The van der Waals surface area contributed by atoms with Crippen molar-refractivity contribution in [2.45, 2.75) is 39.5 Å². The average Bonchev–Trinajstić information content (AvgIpc) is 2.08. The molecule has 0 bridgehead atoms. The number of nitrogens with two attached hydrogens (primary N) is 1. The van der Waals surface area contributed by atoms with E-state index in [1.54, 1.807) is 0 Å². The van der Waals surface area contributed by atoms with Crippen molar-refractivity contribution in [2.24, 2.45) is 17.1 Å². The largest absolute Gasteiger partial charge is 0.356 e. The van der Waals surface area contributed by atoms with E-state index in [1.807, 2.05) is 13.8 Å². The number of carbonyl (C=O) groups excluding carboxylic acids is 1. The molecule has 3 nitrogen and oxygen atoms in total. The molecule has 1 rings (SSSR count). The highest BCUT2D eigenvalue weighted by Crippen LogP contribution is 2.28. The summed E-state index contributed by atoms with van der Waals surface area (Å²) >= 11 is 0. The fourth-order valence-corrected chi connectivity index (χ4v) is 1.50. The van der Waals surface area contributed by atoms with Crippen LogP contribution in [0.1, 0.15) is 39.5 Å². The minimum absolute atomic E-state index is 0.0827. The maximum absolute atomic E-state index is 11.6. The molecule has 1 aliphatic rings. The molecule has 0 aromatic heterocycles. The summed E-state index contributed by atoms with van der Waals surface area (Å²) in [6.07, 6.45) is 5.19. The minimum atomic E-state index is -0.417. The van der Waals surface area contributed by atoms with Gasteiger partial charge in [0, 0.05) is 13.1 Å². The van der Waals surface area contributed by atoms with Crippen LogP contribution in [0.2, 0.25) is 0 Å². The molecule has 1 amide bonds. The highest BCUT2D eigenvalue weighted by Gasteiger charge is 2.25. The lowest BCUT2D eigenvalue weighted by Gasteiger charge is -2.26. The van der Waals surface area contributed by atoms with E-state index in [-0.39, 0.29) is 5.91 Å². The number of rotatable bonds is 5. The zero-order valence-electron chi connectivity index (χ0n) is 9.31. The summed E-state index contributed by atoms with van der Waals surface area (Å²) in [6, 6.07) is 0. The second kappa shape index (κ2) is 4.78. The van der Waals surface area contributed by atoms with Crippen LogP contribution in [0.25, 0.3) is 0 Å². The van der Waals surface area contributed by atoms with Crippen LogP contribution in [-0.4, -0.2) is 19.0 Å². The molecule has 0 saturated heterocycles. The molecular formula is C11H22N2O. The predicted octanol–water partition coefficient (Wildman–Crippen LogP) is 1.28. The summed E-state index contributed by atoms with van der Waals surface area (Å²) in [6.45, 7) is 4.98. The van der Waals surface area contributed by atoms with Crippen LogP contribution in [0.4, 0.5) is 0 Å². The molecule has 0 spiro atoms. The van der Waals surface area contributed by atoms with Crippen molar-refractivity contribution in [1.82, 2.24) is 5.32 Å². The van der Waals surface area contributed by atoms with E-state index >= 15 is 0 Å². The predicted molar refractivity (Wildman–Crippen MR) is 57.8 cm³/mol. The molecule has 0 unspecified atom stereocenters. The zero-order chi connectivity index (χ0) is 10.6. The van der Waals surface area contributed by atoms with Gasteiger partial charge in [0.05, 0.1) is 5.41 Å². The van der Waals surface area contributed by atoms with E-state index in [0.29, 0.717) is 6.54 Å². The van der Waals surface area contributed by atoms with Gasteiger partial charge >= 0.3 is 0 Å². The maximum atomic E-state index is 11.6. The van der Waals surface area contributed by atoms with Crippen molar-refractivity contribution in [3.63, 3.8) is 0 Å². The third kappa shape index (κ3) is 2.98. The molecule has 3 heteroatoms. The van der Waals surface area contributed by atoms with Gasteiger partial charge in [-0.2, -0.15) is 0 Å². The van der Waals surface area contributed by atoms with Gasteiger partial charge < -0.3 is 11.1 Å². The lowest BCUT2D eigenvalue weighted by molar-refractivity contribution is -0.128. The Balaban J connectivity index is 2.13. The Kier molecular flexibility index (Phi) is 3.93. The fourth-order valence-electron chi connectivity index (χ4n) is 1.50. The first kappa shape index (κ1) is 11.5. The van der Waals surface area contributed by atoms with Crippen molar-refractivity contribution in [2.75, 3.05) is 13.1 Å². The monoisotopic (exact) mass is 198 g/mol. The number of hydrogen-bond acceptors (Lipinski definition) is 2. The third-order valence-electron chi connectivity index (χ3n) is 3.19. The smallest absolute Gasteiger partial charge is 0.226 e. The first-order valence-electron chi connectivity index (χ1n) is 5.54. The van der Waals surface area contributed by atoms with Crippen molar-refractivity contribution >= 4 is 5.91 Å². The molecule has 3 N–H and O–H groups in total. The molecule has 0 radical (unpaired) electrons. The molecule has 82 valence electrons. The molecule has 0 aromatic carbocycles. The number of nitrogens with one attached hydrogen (secondary N) is 1. The number of hydrogen-bond donors (Lipinski definition) is 2. The first-order chi connectivity index (χ1) is 6.56. The van der Waals surface area contributed by atoms with E-state index in [1.165, 1.54) is 19.3 Å². The minimum Gasteiger partial charge on any atom is -0.356 e. The van der Waals surface area contributed by atoms with E-state index in [2.05, 4.69) is 5.32 Å². The lowest BCUT2D eigenvalue weighted by Crippen LogP contribution is -2.42. The normalized spacial score (nSPS) is 17.6. The summed E-state index contributed by atoms with van der Waals surface area (Å²) in [7, 11) is 0. The SMILES string of the molecule is CC(C)(CN)C(=O)NCCC1CCC1. The van der Waals surface area contributed by atoms with Gasteiger partial charge in [0.25, 0.3) is 0 Å². The average molecular weight is 198 g/mol. The van der Waals surface area contributed by atoms with Crippen molar-refractivity contribution in [3.8, 4) is 0 Å². The summed E-state index contributed by atoms with van der Waals surface area (Å²) in [5.41, 5.74) is 5.10. The Morgan fingerprint density at radius 1 is 1.50 bits per heavy atom. The van der Waals surface area contributed by atoms with Gasteiger partial charge in [-0.1, -0.05) is 19.3 Å². The topological polar surface area (TPSA) is 55.1 Å². The van der Waals surface area contributed by atoms with Crippen LogP contribution in [0.5, 0.6) is 0 Å². The van der Waals surface area contributed by atoms with Crippen LogP contribution in [0, 0.1) is 11.3 Å². The van der Waals surface area contributed by atoms with Crippen LogP contribution in [-0.2, 0) is 4.79 Å². The molecule has 1 saturated carbocycles. The molecule has 0 atom stereocenters. The van der Waals surface area contributed by atoms with Gasteiger partial charge in [-0.05, 0) is 26.2 Å². The Morgan fingerprint density at radius 3 is 2.57 bits per heavy atom. The maximum Gasteiger partial charge on any atom is 0.226 e. The quantitative estimate of drug-likeness (QED) is 0.699. The lowest BCUT2D eigenvalue weighted by atomic mass is 9.83. The third-order valence-corrected chi connectivity index (χ3v) is 3.19. The second-order valence-corrected chi connectivity index (χ2v) is 4.93. The molecule has 1 fully saturated rings. The van der Waals surface area contributed by atoms with E-state index in [0.717, 1.165) is 18.9 Å². The number of carbonyl (C=O) groups is 1. The van der Waals surface area contributed by atoms with Crippen LogP contribution in [0.15, 0.2) is 0 Å². The van der Waals surface area contributed by atoms with E-state index in [9.17, 15) is 4.79 Å². The van der Waals surface area contributed by atoms with Crippen molar-refractivity contribution < 1.29 is 4.79 Å². The zero-order valence-corrected chi connectivity index (χ0v) is 9.31. The summed E-state index contributed by atoms with van der Waals surface area (Å²) in [4.78, 5) is 11.6. The van der Waals surface area contributed by atoms with Gasteiger partial charge in [0.15, 0.2) is 0 Å². The van der Waals surface area contributed by atoms with Crippen LogP contribution in [0.3, 0.4) is 0 Å². The van der Waals surface area contributed by atoms with Crippen LogP contribution >= 0.6 is 0 Å². The molecule has 0 aromatic rings. The molecular weight excluding hydrogens is 176 g/mol. The highest BCUT2D eigenvalue weighted by atomic mass is 16.2. The standard InChI is InChI=1S/C11H22N2O/c1-11(2,8-12)10(14)13-7-6-9-4-3-5-9/h9H,3-8,12H2,1-2H3,(H,13,14). The van der Waals surface area contributed by atoms with Crippen molar-refractivity contribution in [1.29, 1.82) is 0 Å². The van der Waals surface area contributed by atoms with Crippen LogP contribution < -0.4 is 11.1 Å². The van der Waals surface area contributed by atoms with Gasteiger partial charge in [-0.25, -0.2) is 0 Å². The Morgan fingerprint density at radius 2 is 2.14 bits per heavy atom.